The lowest BCUT2D eigenvalue weighted by atomic mass is 10.1. The van der Waals surface area contributed by atoms with Crippen LogP contribution in [0.1, 0.15) is 5.56 Å². The number of amides is 2. The van der Waals surface area contributed by atoms with Gasteiger partial charge in [-0.3, -0.25) is 0 Å². The smallest absolute Gasteiger partial charge is 0.321 e. The number of anilines is 3. The predicted octanol–water partition coefficient (Wildman–Crippen LogP) is 5.22. The van der Waals surface area contributed by atoms with Crippen molar-refractivity contribution in [2.75, 3.05) is 24.7 Å². The molecule has 5 rings (SSSR count). The summed E-state index contributed by atoms with van der Waals surface area (Å²) in [4.78, 5) is 26.5. The van der Waals surface area contributed by atoms with Crippen molar-refractivity contribution in [1.29, 1.82) is 0 Å². The van der Waals surface area contributed by atoms with Gasteiger partial charge in [-0.2, -0.15) is 0 Å². The van der Waals surface area contributed by atoms with Crippen LogP contribution in [0.2, 0.25) is 0 Å². The molecule has 2 amide bonds. The number of pyridine rings is 1. The van der Waals surface area contributed by atoms with Crippen LogP contribution in [0.4, 0.5) is 22.0 Å². The first kappa shape index (κ1) is 21.2. The van der Waals surface area contributed by atoms with Gasteiger partial charge in [0.1, 0.15) is 29.3 Å². The lowest BCUT2D eigenvalue weighted by molar-refractivity contribution is 0.230. The normalized spacial score (nSPS) is 10.9. The van der Waals surface area contributed by atoms with Gasteiger partial charge >= 0.3 is 6.03 Å². The molecule has 5 aromatic rings. The highest BCUT2D eigenvalue weighted by Crippen LogP contribution is 2.30. The minimum Gasteiger partial charge on any atom is -0.457 e. The van der Waals surface area contributed by atoms with Crippen molar-refractivity contribution < 1.29 is 9.53 Å². The average molecular weight is 454 g/mol. The van der Waals surface area contributed by atoms with Crippen LogP contribution < -0.4 is 15.4 Å². The number of aromatic nitrogens is 4. The Hall–Kier alpha value is -4.66. The van der Waals surface area contributed by atoms with Gasteiger partial charge in [0.2, 0.25) is 0 Å². The number of hydrogen-bond acceptors (Lipinski definition) is 6. The second-order valence-electron chi connectivity index (χ2n) is 8.04. The van der Waals surface area contributed by atoms with Gasteiger partial charge < -0.3 is 24.7 Å². The van der Waals surface area contributed by atoms with Gasteiger partial charge in [-0.05, 0) is 55.0 Å². The number of rotatable bonds is 5. The molecule has 9 nitrogen and oxygen atoms in total. The molecular formula is C25H23N7O2. The maximum absolute atomic E-state index is 12.0. The molecule has 0 unspecified atom stereocenters. The SMILES string of the molecule is Cc1cc(Nc2ncnc3ccc(NC(=O)N(C)C)cc23)ccc1Oc1ccn2ccnc2c1. The van der Waals surface area contributed by atoms with Crippen LogP contribution >= 0.6 is 0 Å². The number of carbonyl (C=O) groups excluding carboxylic acids is 1. The highest BCUT2D eigenvalue weighted by atomic mass is 16.5. The van der Waals surface area contributed by atoms with E-state index in [-0.39, 0.29) is 6.03 Å². The molecule has 3 aromatic heterocycles. The largest absolute Gasteiger partial charge is 0.457 e. The van der Waals surface area contributed by atoms with Gasteiger partial charge in [0.15, 0.2) is 0 Å². The molecule has 0 aliphatic carbocycles. The van der Waals surface area contributed by atoms with Crippen molar-refractivity contribution in [3.63, 3.8) is 0 Å². The van der Waals surface area contributed by atoms with Crippen LogP contribution in [0.25, 0.3) is 16.6 Å². The van der Waals surface area contributed by atoms with Crippen molar-refractivity contribution >= 4 is 39.8 Å². The Labute approximate surface area is 196 Å². The molecule has 0 saturated heterocycles. The van der Waals surface area contributed by atoms with Crippen LogP contribution in [-0.2, 0) is 0 Å². The fourth-order valence-corrected chi connectivity index (χ4v) is 3.53. The van der Waals surface area contributed by atoms with E-state index in [2.05, 4.69) is 25.6 Å². The molecule has 9 heteroatoms. The number of ether oxygens (including phenoxy) is 1. The number of carbonyl (C=O) groups is 1. The molecule has 34 heavy (non-hydrogen) atoms. The molecule has 0 saturated carbocycles. The third-order valence-electron chi connectivity index (χ3n) is 5.33. The summed E-state index contributed by atoms with van der Waals surface area (Å²) < 4.78 is 8.01. The van der Waals surface area contributed by atoms with Crippen molar-refractivity contribution in [3.8, 4) is 11.5 Å². The van der Waals surface area contributed by atoms with Crippen LogP contribution in [0.3, 0.4) is 0 Å². The molecule has 0 bridgehead atoms. The van der Waals surface area contributed by atoms with Gasteiger partial charge in [-0.25, -0.2) is 19.7 Å². The van der Waals surface area contributed by atoms with Gasteiger partial charge in [0.05, 0.1) is 5.52 Å². The summed E-state index contributed by atoms with van der Waals surface area (Å²) in [5.41, 5.74) is 4.08. The minimum atomic E-state index is -0.205. The summed E-state index contributed by atoms with van der Waals surface area (Å²) in [6.45, 7) is 1.99. The Morgan fingerprint density at radius 2 is 1.82 bits per heavy atom. The second kappa shape index (κ2) is 8.70. The van der Waals surface area contributed by atoms with E-state index >= 15 is 0 Å². The molecule has 2 N–H and O–H groups in total. The number of benzene rings is 2. The molecular weight excluding hydrogens is 430 g/mol. The molecule has 0 atom stereocenters. The highest BCUT2D eigenvalue weighted by molar-refractivity contribution is 5.96. The fourth-order valence-electron chi connectivity index (χ4n) is 3.53. The number of fused-ring (bicyclic) bond motifs is 2. The standard InChI is InChI=1S/C25H23N7O2/c1-16-12-17(5-7-22(16)34-19-8-10-32-11-9-26-23(32)14-19)29-24-20-13-18(30-25(33)31(2)3)4-6-21(20)27-15-28-24/h4-15H,1-3H3,(H,30,33)(H,27,28,29). The summed E-state index contributed by atoms with van der Waals surface area (Å²) in [6.07, 6.45) is 7.07. The molecule has 0 aliphatic rings. The fraction of sp³-hybridized carbons (Fsp3) is 0.120. The lowest BCUT2D eigenvalue weighted by Crippen LogP contribution is -2.27. The Balaban J connectivity index is 1.38. The molecule has 0 aliphatic heterocycles. The number of aryl methyl sites for hydroxylation is 1. The van der Waals surface area contributed by atoms with E-state index in [9.17, 15) is 4.79 Å². The van der Waals surface area contributed by atoms with E-state index in [1.54, 1.807) is 20.3 Å². The first-order chi connectivity index (χ1) is 16.5. The van der Waals surface area contributed by atoms with Crippen molar-refractivity contribution in [1.82, 2.24) is 24.3 Å². The molecule has 3 heterocycles. The monoisotopic (exact) mass is 453 g/mol. The zero-order chi connectivity index (χ0) is 23.7. The van der Waals surface area contributed by atoms with Gasteiger partial charge in [0, 0.05) is 55.5 Å². The third-order valence-corrected chi connectivity index (χ3v) is 5.33. The van der Waals surface area contributed by atoms with Crippen molar-refractivity contribution in [3.05, 3.63) is 79.0 Å². The topological polar surface area (TPSA) is 96.7 Å². The minimum absolute atomic E-state index is 0.205. The molecule has 170 valence electrons. The zero-order valence-electron chi connectivity index (χ0n) is 19.0. The van der Waals surface area contributed by atoms with Gasteiger partial charge in [-0.1, -0.05) is 0 Å². The molecule has 2 aromatic carbocycles. The molecule has 0 fully saturated rings. The van der Waals surface area contributed by atoms with E-state index in [4.69, 9.17) is 4.74 Å². The Morgan fingerprint density at radius 3 is 2.65 bits per heavy atom. The van der Waals surface area contributed by atoms with Crippen molar-refractivity contribution in [2.24, 2.45) is 0 Å². The average Bonchev–Trinajstić information content (AvgIpc) is 3.29. The summed E-state index contributed by atoms with van der Waals surface area (Å²) in [6, 6.07) is 15.0. The quantitative estimate of drug-likeness (QED) is 0.379. The Kier molecular flexibility index (Phi) is 5.43. The zero-order valence-corrected chi connectivity index (χ0v) is 19.0. The maximum Gasteiger partial charge on any atom is 0.321 e. The lowest BCUT2D eigenvalue weighted by Gasteiger charge is -2.14. The molecule has 0 spiro atoms. The van der Waals surface area contributed by atoms with Crippen LogP contribution in [0.5, 0.6) is 11.5 Å². The first-order valence-corrected chi connectivity index (χ1v) is 10.7. The Bertz CT molecular complexity index is 1510. The summed E-state index contributed by atoms with van der Waals surface area (Å²) >= 11 is 0. The second-order valence-corrected chi connectivity index (χ2v) is 8.04. The number of imidazole rings is 1. The van der Waals surface area contributed by atoms with Crippen LogP contribution in [0, 0.1) is 6.92 Å². The number of urea groups is 1. The van der Waals surface area contributed by atoms with E-state index in [0.29, 0.717) is 11.5 Å². The third kappa shape index (κ3) is 4.31. The maximum atomic E-state index is 12.0. The summed E-state index contributed by atoms with van der Waals surface area (Å²) in [5.74, 6) is 2.11. The van der Waals surface area contributed by atoms with E-state index in [1.165, 1.54) is 11.2 Å². The van der Waals surface area contributed by atoms with E-state index in [0.717, 1.165) is 39.3 Å². The number of nitrogens with zero attached hydrogens (tertiary/aromatic N) is 5. The van der Waals surface area contributed by atoms with E-state index in [1.807, 2.05) is 72.2 Å². The van der Waals surface area contributed by atoms with Crippen molar-refractivity contribution in [2.45, 2.75) is 6.92 Å². The predicted molar refractivity (Wildman–Crippen MR) is 132 cm³/mol. The number of nitrogens with one attached hydrogen (secondary N) is 2. The highest BCUT2D eigenvalue weighted by Gasteiger charge is 2.10. The van der Waals surface area contributed by atoms with Crippen LogP contribution in [-0.4, -0.2) is 44.4 Å². The van der Waals surface area contributed by atoms with Gasteiger partial charge in [0.25, 0.3) is 0 Å². The van der Waals surface area contributed by atoms with Gasteiger partial charge in [-0.15, -0.1) is 0 Å². The number of hydrogen-bond donors (Lipinski definition) is 2. The van der Waals surface area contributed by atoms with Crippen LogP contribution in [0.15, 0.2) is 73.4 Å². The first-order valence-electron chi connectivity index (χ1n) is 10.7. The summed E-state index contributed by atoms with van der Waals surface area (Å²) in [5, 5.41) is 7.01. The Morgan fingerprint density at radius 1 is 0.971 bits per heavy atom. The van der Waals surface area contributed by atoms with E-state index < -0.39 is 0 Å². The molecule has 0 radical (unpaired) electrons. The summed E-state index contributed by atoms with van der Waals surface area (Å²) in [7, 11) is 3.38.